The van der Waals surface area contributed by atoms with Crippen LogP contribution in [-0.2, 0) is 15.3 Å². The fraction of sp³-hybridized carbons (Fsp3) is 0.333. The molecule has 0 saturated heterocycles. The van der Waals surface area contributed by atoms with Gasteiger partial charge < -0.3 is 10.4 Å². The Morgan fingerprint density at radius 2 is 2.14 bits per heavy atom. The number of non-ortho nitro benzene ring substituents is 1. The van der Waals surface area contributed by atoms with Crippen molar-refractivity contribution < 1.29 is 24.0 Å². The SMILES string of the molecule is CC(=O)N[C@@H](CSCc1cc(F)cc([N+](=O)[O-])c1)C(=O)O. The molecule has 21 heavy (non-hydrogen) atoms. The van der Waals surface area contributed by atoms with E-state index in [0.29, 0.717) is 5.56 Å². The maximum atomic E-state index is 13.2. The van der Waals surface area contributed by atoms with E-state index in [1.807, 2.05) is 0 Å². The summed E-state index contributed by atoms with van der Waals surface area (Å²) < 4.78 is 13.2. The Bertz CT molecular complexity index is 567. The van der Waals surface area contributed by atoms with E-state index in [9.17, 15) is 24.1 Å². The van der Waals surface area contributed by atoms with Gasteiger partial charge in [0, 0.05) is 24.5 Å². The number of nitro benzene ring substituents is 1. The van der Waals surface area contributed by atoms with Crippen molar-refractivity contribution in [2.45, 2.75) is 18.7 Å². The largest absolute Gasteiger partial charge is 0.480 e. The van der Waals surface area contributed by atoms with Gasteiger partial charge in [-0.3, -0.25) is 14.9 Å². The highest BCUT2D eigenvalue weighted by Gasteiger charge is 2.18. The Kier molecular flexibility index (Phi) is 6.10. The lowest BCUT2D eigenvalue weighted by atomic mass is 10.2. The zero-order valence-electron chi connectivity index (χ0n) is 11.0. The van der Waals surface area contributed by atoms with E-state index >= 15 is 0 Å². The molecule has 2 N–H and O–H groups in total. The molecule has 7 nitrogen and oxygen atoms in total. The van der Waals surface area contributed by atoms with Crippen molar-refractivity contribution in [2.75, 3.05) is 5.75 Å². The number of nitrogens with one attached hydrogen (secondary N) is 1. The van der Waals surface area contributed by atoms with Gasteiger partial charge in [0.2, 0.25) is 5.91 Å². The number of halogens is 1. The first-order valence-electron chi connectivity index (χ1n) is 5.81. The summed E-state index contributed by atoms with van der Waals surface area (Å²) in [6.45, 7) is 1.20. The number of hydrogen-bond donors (Lipinski definition) is 2. The van der Waals surface area contributed by atoms with E-state index in [-0.39, 0.29) is 17.2 Å². The predicted octanol–water partition coefficient (Wildman–Crippen LogP) is 1.56. The summed E-state index contributed by atoms with van der Waals surface area (Å²) in [4.78, 5) is 31.7. The van der Waals surface area contributed by atoms with Gasteiger partial charge in [-0.2, -0.15) is 11.8 Å². The number of aliphatic carboxylic acids is 1. The molecular formula is C12H13FN2O5S. The molecule has 1 aromatic carbocycles. The third-order valence-corrected chi connectivity index (χ3v) is 3.49. The van der Waals surface area contributed by atoms with E-state index in [1.165, 1.54) is 13.0 Å². The van der Waals surface area contributed by atoms with Crippen molar-refractivity contribution in [3.05, 3.63) is 39.7 Å². The lowest BCUT2D eigenvalue weighted by Gasteiger charge is -2.12. The molecule has 0 aliphatic heterocycles. The molecule has 0 spiro atoms. The molecule has 1 atom stereocenters. The number of carbonyl (C=O) groups excluding carboxylic acids is 1. The van der Waals surface area contributed by atoms with Crippen LogP contribution in [0.1, 0.15) is 12.5 Å². The summed E-state index contributed by atoms with van der Waals surface area (Å²) in [5.74, 6) is -2.11. The van der Waals surface area contributed by atoms with E-state index < -0.39 is 28.7 Å². The molecule has 0 fully saturated rings. The molecule has 1 rings (SSSR count). The van der Waals surface area contributed by atoms with Gasteiger partial charge in [0.05, 0.1) is 11.0 Å². The van der Waals surface area contributed by atoms with Crippen LogP contribution in [0.2, 0.25) is 0 Å². The van der Waals surface area contributed by atoms with Gasteiger partial charge in [-0.1, -0.05) is 0 Å². The van der Waals surface area contributed by atoms with E-state index in [1.54, 1.807) is 0 Å². The van der Waals surface area contributed by atoms with Crippen molar-refractivity contribution in [3.8, 4) is 0 Å². The number of hydrogen-bond acceptors (Lipinski definition) is 5. The van der Waals surface area contributed by atoms with E-state index in [2.05, 4.69) is 5.32 Å². The zero-order valence-corrected chi connectivity index (χ0v) is 11.9. The summed E-state index contributed by atoms with van der Waals surface area (Å²) in [7, 11) is 0. The van der Waals surface area contributed by atoms with Crippen LogP contribution in [0.25, 0.3) is 0 Å². The van der Waals surface area contributed by atoms with Crippen LogP contribution in [0, 0.1) is 15.9 Å². The van der Waals surface area contributed by atoms with Crippen LogP contribution in [0.5, 0.6) is 0 Å². The fourth-order valence-corrected chi connectivity index (χ4v) is 2.52. The minimum absolute atomic E-state index is 0.0687. The Labute approximate surface area is 123 Å². The Hall–Kier alpha value is -2.16. The third-order valence-electron chi connectivity index (χ3n) is 2.38. The average molecular weight is 316 g/mol. The van der Waals surface area contributed by atoms with Crippen molar-refractivity contribution in [1.82, 2.24) is 5.32 Å². The smallest absolute Gasteiger partial charge is 0.327 e. The van der Waals surface area contributed by atoms with Crippen LogP contribution in [0.3, 0.4) is 0 Å². The Morgan fingerprint density at radius 1 is 1.48 bits per heavy atom. The third kappa shape index (κ3) is 5.78. The van der Waals surface area contributed by atoms with Gasteiger partial charge in [-0.05, 0) is 11.6 Å². The summed E-state index contributed by atoms with van der Waals surface area (Å²) >= 11 is 1.13. The molecule has 1 amide bonds. The maximum absolute atomic E-state index is 13.2. The van der Waals surface area contributed by atoms with Gasteiger partial charge in [-0.25, -0.2) is 9.18 Å². The zero-order chi connectivity index (χ0) is 16.0. The minimum Gasteiger partial charge on any atom is -0.480 e. The molecule has 1 aromatic rings. The van der Waals surface area contributed by atoms with Gasteiger partial charge >= 0.3 is 5.97 Å². The first-order chi connectivity index (χ1) is 9.79. The molecule has 114 valence electrons. The summed E-state index contributed by atoms with van der Waals surface area (Å²) in [5.41, 5.74) is 0.0147. The van der Waals surface area contributed by atoms with Crippen molar-refractivity contribution in [1.29, 1.82) is 0 Å². The number of carbonyl (C=O) groups is 2. The quantitative estimate of drug-likeness (QED) is 0.583. The number of carboxylic acids is 1. The first-order valence-corrected chi connectivity index (χ1v) is 6.96. The van der Waals surface area contributed by atoms with Crippen LogP contribution >= 0.6 is 11.8 Å². The molecule has 9 heteroatoms. The standard InChI is InChI=1S/C12H13FN2O5S/c1-7(16)14-11(12(17)18)6-21-5-8-2-9(13)4-10(3-8)15(19)20/h2-4,11H,5-6H2,1H3,(H,14,16)(H,17,18)/t11-/m0/s1. The molecule has 0 aliphatic rings. The summed E-state index contributed by atoms with van der Waals surface area (Å²) in [5, 5.41) is 21.8. The van der Waals surface area contributed by atoms with Gasteiger partial charge in [0.1, 0.15) is 11.9 Å². The number of rotatable bonds is 7. The number of nitrogens with zero attached hydrogens (tertiary/aromatic N) is 1. The van der Waals surface area contributed by atoms with Gasteiger partial charge in [0.25, 0.3) is 5.69 Å². The van der Waals surface area contributed by atoms with Crippen molar-refractivity contribution in [2.24, 2.45) is 0 Å². The highest BCUT2D eigenvalue weighted by Crippen LogP contribution is 2.20. The predicted molar refractivity (Wildman–Crippen MR) is 74.5 cm³/mol. The van der Waals surface area contributed by atoms with Crippen molar-refractivity contribution >= 4 is 29.3 Å². The molecule has 0 aliphatic carbocycles. The van der Waals surface area contributed by atoms with Crippen LogP contribution in [0.15, 0.2) is 18.2 Å². The number of amides is 1. The molecule has 0 unspecified atom stereocenters. The number of carboxylic acid groups (broad SMARTS) is 1. The fourth-order valence-electron chi connectivity index (χ4n) is 1.54. The Balaban J connectivity index is 2.64. The molecule has 0 bridgehead atoms. The monoisotopic (exact) mass is 316 g/mol. The molecule has 0 heterocycles. The lowest BCUT2D eigenvalue weighted by molar-refractivity contribution is -0.385. The lowest BCUT2D eigenvalue weighted by Crippen LogP contribution is -2.41. The second kappa shape index (κ2) is 7.58. The van der Waals surface area contributed by atoms with E-state index in [4.69, 9.17) is 5.11 Å². The van der Waals surface area contributed by atoms with E-state index in [0.717, 1.165) is 23.9 Å². The average Bonchev–Trinajstić information content (AvgIpc) is 2.36. The number of thioether (sulfide) groups is 1. The number of nitro groups is 1. The number of benzene rings is 1. The summed E-state index contributed by atoms with van der Waals surface area (Å²) in [6.07, 6.45) is 0. The molecule has 0 radical (unpaired) electrons. The molecular weight excluding hydrogens is 303 g/mol. The van der Waals surface area contributed by atoms with Crippen LogP contribution in [-0.4, -0.2) is 33.7 Å². The summed E-state index contributed by atoms with van der Waals surface area (Å²) in [6, 6.07) is 2.13. The van der Waals surface area contributed by atoms with Crippen LogP contribution < -0.4 is 5.32 Å². The second-order valence-electron chi connectivity index (χ2n) is 4.18. The maximum Gasteiger partial charge on any atom is 0.327 e. The normalized spacial score (nSPS) is 11.7. The molecule has 0 saturated carbocycles. The van der Waals surface area contributed by atoms with Gasteiger partial charge in [0.15, 0.2) is 0 Å². The molecule has 0 aromatic heterocycles. The van der Waals surface area contributed by atoms with Gasteiger partial charge in [-0.15, -0.1) is 0 Å². The minimum atomic E-state index is -1.18. The second-order valence-corrected chi connectivity index (χ2v) is 5.21. The van der Waals surface area contributed by atoms with Crippen molar-refractivity contribution in [3.63, 3.8) is 0 Å². The van der Waals surface area contributed by atoms with Crippen LogP contribution in [0.4, 0.5) is 10.1 Å². The first kappa shape index (κ1) is 16.9. The topological polar surface area (TPSA) is 110 Å². The highest BCUT2D eigenvalue weighted by atomic mass is 32.2. The highest BCUT2D eigenvalue weighted by molar-refractivity contribution is 7.98. The Morgan fingerprint density at radius 3 is 2.67 bits per heavy atom.